The van der Waals surface area contributed by atoms with Crippen LogP contribution >= 0.6 is 11.6 Å². The Kier molecular flexibility index (Phi) is 4.82. The van der Waals surface area contributed by atoms with Gasteiger partial charge in [0.15, 0.2) is 0 Å². The standard InChI is InChI=1S/C11H11ClN2O5/c1-13(6-10(15)19-2)11(16)8-5-7(14(17)18)3-4-9(8)12/h3-5H,6H2,1-2H3. The van der Waals surface area contributed by atoms with E-state index in [1.54, 1.807) is 0 Å². The van der Waals surface area contributed by atoms with Gasteiger partial charge >= 0.3 is 5.97 Å². The van der Waals surface area contributed by atoms with Gasteiger partial charge in [-0.05, 0) is 6.07 Å². The SMILES string of the molecule is COC(=O)CN(C)C(=O)c1cc([N+](=O)[O-])ccc1Cl. The second kappa shape index (κ2) is 6.14. The molecule has 1 rings (SSSR count). The molecule has 0 aromatic heterocycles. The highest BCUT2D eigenvalue weighted by Crippen LogP contribution is 2.23. The first-order valence-corrected chi connectivity index (χ1v) is 5.50. The van der Waals surface area contributed by atoms with Gasteiger partial charge in [0.25, 0.3) is 11.6 Å². The minimum atomic E-state index is -0.632. The van der Waals surface area contributed by atoms with E-state index in [9.17, 15) is 19.7 Å². The Labute approximate surface area is 113 Å². The summed E-state index contributed by atoms with van der Waals surface area (Å²) >= 11 is 5.82. The lowest BCUT2D eigenvalue weighted by atomic mass is 10.1. The number of amides is 1. The maximum Gasteiger partial charge on any atom is 0.325 e. The number of esters is 1. The zero-order chi connectivity index (χ0) is 14.6. The fourth-order valence-corrected chi connectivity index (χ4v) is 1.52. The smallest absolute Gasteiger partial charge is 0.325 e. The van der Waals surface area contributed by atoms with Crippen LogP contribution in [0.5, 0.6) is 0 Å². The molecule has 0 fully saturated rings. The third-order valence-electron chi connectivity index (χ3n) is 2.33. The molecule has 0 saturated carbocycles. The van der Waals surface area contributed by atoms with Crippen molar-refractivity contribution < 1.29 is 19.2 Å². The molecule has 0 N–H and O–H groups in total. The van der Waals surface area contributed by atoms with Gasteiger partial charge in [0.05, 0.1) is 22.6 Å². The van der Waals surface area contributed by atoms with Gasteiger partial charge < -0.3 is 9.64 Å². The number of benzene rings is 1. The van der Waals surface area contributed by atoms with Crippen LogP contribution in [0.2, 0.25) is 5.02 Å². The molecule has 0 saturated heterocycles. The van der Waals surface area contributed by atoms with Crippen LogP contribution in [0.4, 0.5) is 5.69 Å². The number of methoxy groups -OCH3 is 1. The van der Waals surface area contributed by atoms with Gasteiger partial charge in [-0.1, -0.05) is 11.6 Å². The zero-order valence-electron chi connectivity index (χ0n) is 10.3. The van der Waals surface area contributed by atoms with Crippen molar-refractivity contribution in [2.75, 3.05) is 20.7 Å². The third-order valence-corrected chi connectivity index (χ3v) is 2.66. The number of hydrogen-bond donors (Lipinski definition) is 0. The maximum absolute atomic E-state index is 12.0. The summed E-state index contributed by atoms with van der Waals surface area (Å²) in [6, 6.07) is 3.52. The van der Waals surface area contributed by atoms with E-state index in [0.29, 0.717) is 0 Å². The van der Waals surface area contributed by atoms with Crippen molar-refractivity contribution in [2.24, 2.45) is 0 Å². The molecule has 1 aromatic carbocycles. The molecule has 0 aliphatic rings. The maximum atomic E-state index is 12.0. The van der Waals surface area contributed by atoms with Crippen molar-refractivity contribution in [3.05, 3.63) is 38.9 Å². The normalized spacial score (nSPS) is 9.84. The highest BCUT2D eigenvalue weighted by molar-refractivity contribution is 6.34. The van der Waals surface area contributed by atoms with Crippen LogP contribution in [0.3, 0.4) is 0 Å². The Morgan fingerprint density at radius 2 is 2.11 bits per heavy atom. The lowest BCUT2D eigenvalue weighted by Crippen LogP contribution is -2.32. The van der Waals surface area contributed by atoms with Crippen LogP contribution in [0.25, 0.3) is 0 Å². The molecule has 0 unspecified atom stereocenters. The number of nitro benzene ring substituents is 1. The number of halogens is 1. The summed E-state index contributed by atoms with van der Waals surface area (Å²) in [5.41, 5.74) is -0.290. The van der Waals surface area contributed by atoms with Gasteiger partial charge in [-0.15, -0.1) is 0 Å². The molecule has 0 aliphatic heterocycles. The molecule has 0 heterocycles. The molecule has 102 valence electrons. The minimum Gasteiger partial charge on any atom is -0.468 e. The number of carbonyl (C=O) groups excluding carboxylic acids is 2. The average Bonchev–Trinajstić information content (AvgIpc) is 2.37. The Hall–Kier alpha value is -2.15. The van der Waals surface area contributed by atoms with E-state index in [-0.39, 0.29) is 22.8 Å². The molecule has 0 spiro atoms. The summed E-state index contributed by atoms with van der Waals surface area (Å²) in [7, 11) is 2.56. The van der Waals surface area contributed by atoms with E-state index in [1.165, 1.54) is 26.3 Å². The Bertz CT molecular complexity index is 532. The van der Waals surface area contributed by atoms with E-state index in [4.69, 9.17) is 11.6 Å². The molecule has 1 amide bonds. The molecular weight excluding hydrogens is 276 g/mol. The summed E-state index contributed by atoms with van der Waals surface area (Å²) < 4.78 is 4.43. The Balaban J connectivity index is 3.01. The van der Waals surface area contributed by atoms with Crippen LogP contribution in [0, 0.1) is 10.1 Å². The Morgan fingerprint density at radius 1 is 1.47 bits per heavy atom. The van der Waals surface area contributed by atoms with Crippen LogP contribution in [0.1, 0.15) is 10.4 Å². The summed E-state index contributed by atoms with van der Waals surface area (Å²) in [5, 5.41) is 10.7. The van der Waals surface area contributed by atoms with Crippen molar-refractivity contribution in [2.45, 2.75) is 0 Å². The van der Waals surface area contributed by atoms with Crippen molar-refractivity contribution in [3.63, 3.8) is 0 Å². The topological polar surface area (TPSA) is 89.8 Å². The predicted octanol–water partition coefficient (Wildman–Crippen LogP) is 1.49. The van der Waals surface area contributed by atoms with Gasteiger partial charge in [-0.2, -0.15) is 0 Å². The van der Waals surface area contributed by atoms with Gasteiger partial charge in [0.1, 0.15) is 6.54 Å². The number of carbonyl (C=O) groups is 2. The summed E-state index contributed by atoms with van der Waals surface area (Å²) in [6.07, 6.45) is 0. The first-order chi connectivity index (χ1) is 8.86. The molecule has 19 heavy (non-hydrogen) atoms. The minimum absolute atomic E-state index is 0.0396. The third kappa shape index (κ3) is 3.65. The number of rotatable bonds is 4. The zero-order valence-corrected chi connectivity index (χ0v) is 11.0. The van der Waals surface area contributed by atoms with Crippen molar-refractivity contribution >= 4 is 29.2 Å². The van der Waals surface area contributed by atoms with Crippen LogP contribution in [-0.4, -0.2) is 42.4 Å². The van der Waals surface area contributed by atoms with Crippen LogP contribution < -0.4 is 0 Å². The molecular formula is C11H11ClN2O5. The van der Waals surface area contributed by atoms with Crippen LogP contribution in [0.15, 0.2) is 18.2 Å². The largest absolute Gasteiger partial charge is 0.468 e. The van der Waals surface area contributed by atoms with E-state index in [2.05, 4.69) is 4.74 Å². The average molecular weight is 287 g/mol. The molecule has 1 aromatic rings. The molecule has 0 bridgehead atoms. The molecule has 8 heteroatoms. The van der Waals surface area contributed by atoms with Gasteiger partial charge in [-0.25, -0.2) is 0 Å². The van der Waals surface area contributed by atoms with Gasteiger partial charge in [-0.3, -0.25) is 19.7 Å². The van der Waals surface area contributed by atoms with Crippen molar-refractivity contribution in [3.8, 4) is 0 Å². The quantitative estimate of drug-likeness (QED) is 0.475. The van der Waals surface area contributed by atoms with Gasteiger partial charge in [0.2, 0.25) is 0 Å². The first kappa shape index (κ1) is 14.9. The molecule has 0 radical (unpaired) electrons. The fraction of sp³-hybridized carbons (Fsp3) is 0.273. The van der Waals surface area contributed by atoms with Crippen molar-refractivity contribution in [1.82, 2.24) is 4.90 Å². The van der Waals surface area contributed by atoms with Crippen LogP contribution in [-0.2, 0) is 9.53 Å². The summed E-state index contributed by atoms with van der Waals surface area (Å²) in [6.45, 7) is -0.269. The number of ether oxygens (including phenoxy) is 1. The molecule has 0 atom stereocenters. The highest BCUT2D eigenvalue weighted by Gasteiger charge is 2.20. The Morgan fingerprint density at radius 3 is 2.63 bits per heavy atom. The number of non-ortho nitro benzene ring substituents is 1. The van der Waals surface area contributed by atoms with E-state index in [0.717, 1.165) is 11.0 Å². The highest BCUT2D eigenvalue weighted by atomic mass is 35.5. The second-order valence-electron chi connectivity index (χ2n) is 3.66. The van der Waals surface area contributed by atoms with E-state index in [1.807, 2.05) is 0 Å². The summed E-state index contributed by atoms with van der Waals surface area (Å²) in [4.78, 5) is 34.1. The number of likely N-dealkylation sites (N-methyl/N-ethyl adjacent to an activating group) is 1. The van der Waals surface area contributed by atoms with E-state index >= 15 is 0 Å². The number of nitro groups is 1. The van der Waals surface area contributed by atoms with Crippen molar-refractivity contribution in [1.29, 1.82) is 0 Å². The van der Waals surface area contributed by atoms with E-state index < -0.39 is 16.8 Å². The van der Waals surface area contributed by atoms with Gasteiger partial charge in [0, 0.05) is 19.2 Å². The lowest BCUT2D eigenvalue weighted by Gasteiger charge is -2.16. The predicted molar refractivity (Wildman–Crippen MR) is 67.1 cm³/mol. The number of nitrogens with zero attached hydrogens (tertiary/aromatic N) is 2. The fourth-order valence-electron chi connectivity index (χ4n) is 1.33. The molecule has 0 aliphatic carbocycles. The molecule has 7 nitrogen and oxygen atoms in total. The lowest BCUT2D eigenvalue weighted by molar-refractivity contribution is -0.384. The summed E-state index contributed by atoms with van der Waals surface area (Å²) in [5.74, 6) is -1.20. The monoisotopic (exact) mass is 286 g/mol. The first-order valence-electron chi connectivity index (χ1n) is 5.13. The number of hydrogen-bond acceptors (Lipinski definition) is 5. The second-order valence-corrected chi connectivity index (χ2v) is 4.07.